The lowest BCUT2D eigenvalue weighted by molar-refractivity contribution is -0.742. The molecule has 1 aromatic rings. The van der Waals surface area contributed by atoms with Crippen LogP contribution in [0, 0.1) is 10.1 Å². The highest BCUT2D eigenvalue weighted by Gasteiger charge is 1.95. The van der Waals surface area contributed by atoms with E-state index in [2.05, 4.69) is 5.43 Å². The molecule has 0 amide bonds. The largest absolute Gasteiger partial charge is 0.495 e. The number of nitrogens with two attached hydrogens (primary N) is 1. The summed E-state index contributed by atoms with van der Waals surface area (Å²) in [6.45, 7) is 0. The van der Waals surface area contributed by atoms with Gasteiger partial charge in [-0.2, -0.15) is 0 Å². The van der Waals surface area contributed by atoms with Gasteiger partial charge in [-0.25, -0.2) is 0 Å². The van der Waals surface area contributed by atoms with Crippen LogP contribution in [0.4, 0.5) is 5.69 Å². The van der Waals surface area contributed by atoms with Crippen LogP contribution in [-0.2, 0) is 0 Å². The van der Waals surface area contributed by atoms with Crippen molar-refractivity contribution >= 4 is 5.69 Å². The second-order valence-corrected chi connectivity index (χ2v) is 2.08. The first-order chi connectivity index (χ1) is 6.61. The predicted molar refractivity (Wildman–Crippen MR) is 49.6 cm³/mol. The first kappa shape index (κ1) is 12.0. The SMILES string of the molecule is COc1ccccc1NN.O=[N+]([O-])O. The van der Waals surface area contributed by atoms with Crippen molar-refractivity contribution in [2.45, 2.75) is 0 Å². The Bertz CT molecular complexity index is 265. The van der Waals surface area contributed by atoms with Gasteiger partial charge in [0.25, 0.3) is 5.09 Å². The molecule has 4 N–H and O–H groups in total. The Balaban J connectivity index is 0.000000364. The van der Waals surface area contributed by atoms with Gasteiger partial charge < -0.3 is 15.4 Å². The van der Waals surface area contributed by atoms with E-state index in [-0.39, 0.29) is 0 Å². The summed E-state index contributed by atoms with van der Waals surface area (Å²) in [6.07, 6.45) is 0. The molecular weight excluding hydrogens is 190 g/mol. The lowest BCUT2D eigenvalue weighted by Crippen LogP contribution is -2.07. The Morgan fingerprint density at radius 3 is 2.43 bits per heavy atom. The molecule has 1 rings (SSSR count). The van der Waals surface area contributed by atoms with Gasteiger partial charge in [-0.1, -0.05) is 12.1 Å². The average Bonchev–Trinajstić information content (AvgIpc) is 2.17. The molecule has 0 radical (unpaired) electrons. The molecule has 0 bridgehead atoms. The van der Waals surface area contributed by atoms with Crippen LogP contribution in [0.25, 0.3) is 0 Å². The van der Waals surface area contributed by atoms with Crippen LogP contribution >= 0.6 is 0 Å². The van der Waals surface area contributed by atoms with Crippen LogP contribution in [0.15, 0.2) is 24.3 Å². The summed E-state index contributed by atoms with van der Waals surface area (Å²) in [5, 5.41) is 13.6. The number of hydrazine groups is 1. The quantitative estimate of drug-likeness (QED) is 0.367. The van der Waals surface area contributed by atoms with Crippen molar-refractivity contribution in [1.82, 2.24) is 0 Å². The van der Waals surface area contributed by atoms with Crippen LogP contribution in [0.5, 0.6) is 5.75 Å². The van der Waals surface area contributed by atoms with Gasteiger partial charge in [0.2, 0.25) is 0 Å². The first-order valence-corrected chi connectivity index (χ1v) is 3.54. The molecule has 0 aliphatic carbocycles. The van der Waals surface area contributed by atoms with Gasteiger partial charge in [-0.15, -0.1) is 10.1 Å². The molecule has 78 valence electrons. The molecule has 0 saturated heterocycles. The maximum atomic E-state index is 8.36. The van der Waals surface area contributed by atoms with E-state index in [1.165, 1.54) is 0 Å². The second kappa shape index (κ2) is 6.49. The number of para-hydroxylation sites is 2. The van der Waals surface area contributed by atoms with E-state index in [1.807, 2.05) is 24.3 Å². The molecule has 7 heteroatoms. The third-order valence-electron chi connectivity index (χ3n) is 1.26. The number of nitrogen functional groups attached to an aromatic ring is 1. The van der Waals surface area contributed by atoms with Crippen LogP contribution in [0.3, 0.4) is 0 Å². The van der Waals surface area contributed by atoms with Crippen LogP contribution in [-0.4, -0.2) is 17.4 Å². The lowest BCUT2D eigenvalue weighted by atomic mass is 10.3. The standard InChI is InChI=1S/C7H10N2O.HNO3/c1-10-7-5-3-2-4-6(7)9-8;2-1(3)4/h2-5,9H,8H2,1H3;(H,2,3,4). The van der Waals surface area contributed by atoms with Crippen molar-refractivity contribution in [2.75, 3.05) is 12.5 Å². The fraction of sp³-hybridized carbons (Fsp3) is 0.143. The van der Waals surface area contributed by atoms with Gasteiger partial charge >= 0.3 is 0 Å². The summed E-state index contributed by atoms with van der Waals surface area (Å²) >= 11 is 0. The minimum atomic E-state index is -1.50. The average molecular weight is 201 g/mol. The van der Waals surface area contributed by atoms with Crippen LogP contribution < -0.4 is 16.0 Å². The number of rotatable bonds is 2. The van der Waals surface area contributed by atoms with Gasteiger partial charge in [0.15, 0.2) is 0 Å². The van der Waals surface area contributed by atoms with E-state index in [0.29, 0.717) is 0 Å². The van der Waals surface area contributed by atoms with E-state index < -0.39 is 5.09 Å². The number of nitrogens with one attached hydrogen (secondary N) is 1. The van der Waals surface area contributed by atoms with E-state index in [9.17, 15) is 0 Å². The number of hydrogen-bond acceptors (Lipinski definition) is 5. The number of anilines is 1. The number of nitrogens with zero attached hydrogens (tertiary/aromatic N) is 1. The number of ether oxygens (including phenoxy) is 1. The number of benzene rings is 1. The molecule has 0 atom stereocenters. The van der Waals surface area contributed by atoms with E-state index >= 15 is 0 Å². The fourth-order valence-electron chi connectivity index (χ4n) is 0.764. The van der Waals surface area contributed by atoms with Crippen molar-refractivity contribution in [3.63, 3.8) is 0 Å². The van der Waals surface area contributed by atoms with Crippen molar-refractivity contribution in [3.05, 3.63) is 34.4 Å². The molecule has 0 heterocycles. The summed E-state index contributed by atoms with van der Waals surface area (Å²) in [6, 6.07) is 7.46. The zero-order valence-corrected chi connectivity index (χ0v) is 7.51. The molecule has 0 saturated carbocycles. The summed E-state index contributed by atoms with van der Waals surface area (Å²) in [4.78, 5) is 8.36. The van der Waals surface area contributed by atoms with Gasteiger partial charge in [0.05, 0.1) is 12.8 Å². The first-order valence-electron chi connectivity index (χ1n) is 3.54. The Morgan fingerprint density at radius 2 is 2.07 bits per heavy atom. The molecular formula is C7H11N3O4. The number of methoxy groups -OCH3 is 1. The van der Waals surface area contributed by atoms with Gasteiger partial charge in [0, 0.05) is 0 Å². The zero-order valence-electron chi connectivity index (χ0n) is 7.51. The van der Waals surface area contributed by atoms with E-state index in [0.717, 1.165) is 11.4 Å². The summed E-state index contributed by atoms with van der Waals surface area (Å²) < 4.78 is 4.99. The summed E-state index contributed by atoms with van der Waals surface area (Å²) in [5.74, 6) is 5.95. The Kier molecular flexibility index (Phi) is 5.55. The van der Waals surface area contributed by atoms with Gasteiger partial charge in [0.1, 0.15) is 5.75 Å². The maximum Gasteiger partial charge on any atom is 0.291 e. The minimum Gasteiger partial charge on any atom is -0.495 e. The van der Waals surface area contributed by atoms with Gasteiger partial charge in [-0.05, 0) is 12.1 Å². The fourth-order valence-corrected chi connectivity index (χ4v) is 0.764. The minimum absolute atomic E-state index is 0.755. The number of hydrogen-bond donors (Lipinski definition) is 3. The van der Waals surface area contributed by atoms with E-state index in [4.69, 9.17) is 25.9 Å². The predicted octanol–water partition coefficient (Wildman–Crippen LogP) is 0.633. The second-order valence-electron chi connectivity index (χ2n) is 2.08. The highest BCUT2D eigenvalue weighted by molar-refractivity contribution is 5.54. The molecule has 7 nitrogen and oxygen atoms in total. The normalized spacial score (nSPS) is 8.14. The summed E-state index contributed by atoms with van der Waals surface area (Å²) in [5.41, 5.74) is 3.32. The van der Waals surface area contributed by atoms with E-state index in [1.54, 1.807) is 7.11 Å². The molecule has 1 aromatic carbocycles. The van der Waals surface area contributed by atoms with Crippen molar-refractivity contribution < 1.29 is 15.0 Å². The third-order valence-corrected chi connectivity index (χ3v) is 1.26. The van der Waals surface area contributed by atoms with Gasteiger partial charge in [-0.3, -0.25) is 5.84 Å². The monoisotopic (exact) mass is 201 g/mol. The molecule has 0 unspecified atom stereocenters. The molecule has 14 heavy (non-hydrogen) atoms. The Morgan fingerprint density at radius 1 is 1.57 bits per heavy atom. The smallest absolute Gasteiger partial charge is 0.291 e. The topological polar surface area (TPSA) is 111 Å². The van der Waals surface area contributed by atoms with Crippen LogP contribution in [0.1, 0.15) is 0 Å². The Hall–Kier alpha value is -2.02. The highest BCUT2D eigenvalue weighted by atomic mass is 16.9. The van der Waals surface area contributed by atoms with Crippen LogP contribution in [0.2, 0.25) is 0 Å². The van der Waals surface area contributed by atoms with Crippen molar-refractivity contribution in [2.24, 2.45) is 5.84 Å². The van der Waals surface area contributed by atoms with Crippen molar-refractivity contribution in [3.8, 4) is 5.75 Å². The molecule has 0 aliphatic heterocycles. The molecule has 0 spiro atoms. The molecule has 0 aromatic heterocycles. The molecule has 0 aliphatic rings. The summed E-state index contributed by atoms with van der Waals surface area (Å²) in [7, 11) is 1.61. The van der Waals surface area contributed by atoms with Crippen molar-refractivity contribution in [1.29, 1.82) is 0 Å². The Labute approximate surface area is 80.2 Å². The highest BCUT2D eigenvalue weighted by Crippen LogP contribution is 2.21. The molecule has 0 fully saturated rings. The zero-order chi connectivity index (χ0) is 11.0. The third kappa shape index (κ3) is 4.78. The maximum absolute atomic E-state index is 8.36. The lowest BCUT2D eigenvalue weighted by Gasteiger charge is -2.05.